The normalized spacial score (nSPS) is 15.0. The number of aromatic amines is 1. The first-order chi connectivity index (χ1) is 12.8. The van der Waals surface area contributed by atoms with Crippen molar-refractivity contribution in [3.63, 3.8) is 0 Å². The van der Waals surface area contributed by atoms with Gasteiger partial charge in [-0.25, -0.2) is 0 Å². The Labute approximate surface area is 162 Å². The van der Waals surface area contributed by atoms with Gasteiger partial charge in [0.2, 0.25) is 11.5 Å². The molecule has 1 saturated heterocycles. The minimum atomic E-state index is -0.228. The Morgan fingerprint density at radius 2 is 1.81 bits per heavy atom. The van der Waals surface area contributed by atoms with Gasteiger partial charge in [0.05, 0.1) is 17.1 Å². The number of thiophene rings is 1. The van der Waals surface area contributed by atoms with Gasteiger partial charge < -0.3 is 15.2 Å². The van der Waals surface area contributed by atoms with Crippen LogP contribution in [0.5, 0.6) is 0 Å². The first-order valence-electron chi connectivity index (χ1n) is 8.92. The summed E-state index contributed by atoms with van der Waals surface area (Å²) < 4.78 is 0. The van der Waals surface area contributed by atoms with E-state index in [-0.39, 0.29) is 17.4 Å². The molecule has 0 spiro atoms. The standard InChI is InChI=1S/C19H24N4O3S/c1-12-13(2)18(27-14(12)3)21-17(25)11-22-6-8-23(9-7-22)19(26)15-4-5-16(24)20-10-15/h4-5,10H,6-9,11H2,1-3H3,(H,20,24)(H,21,25). The first kappa shape index (κ1) is 19.3. The number of aryl methyl sites for hydroxylation is 1. The van der Waals surface area contributed by atoms with Crippen molar-refractivity contribution in [3.05, 3.63) is 50.3 Å². The predicted molar refractivity (Wildman–Crippen MR) is 107 cm³/mol. The van der Waals surface area contributed by atoms with Crippen LogP contribution in [0.2, 0.25) is 0 Å². The Bertz CT molecular complexity index is 890. The molecule has 1 aliphatic heterocycles. The van der Waals surface area contributed by atoms with Crippen molar-refractivity contribution in [2.45, 2.75) is 20.8 Å². The summed E-state index contributed by atoms with van der Waals surface area (Å²) in [6.07, 6.45) is 1.44. The van der Waals surface area contributed by atoms with E-state index in [1.807, 2.05) is 6.92 Å². The van der Waals surface area contributed by atoms with Gasteiger partial charge in [-0.2, -0.15) is 0 Å². The van der Waals surface area contributed by atoms with Crippen LogP contribution in [0.4, 0.5) is 5.00 Å². The number of nitrogens with zero attached hydrogens (tertiary/aromatic N) is 2. The maximum atomic E-state index is 12.5. The van der Waals surface area contributed by atoms with Crippen LogP contribution in [0.1, 0.15) is 26.4 Å². The summed E-state index contributed by atoms with van der Waals surface area (Å²) in [6.45, 7) is 8.86. The molecule has 1 aliphatic rings. The van der Waals surface area contributed by atoms with Crippen molar-refractivity contribution in [3.8, 4) is 0 Å². The predicted octanol–water partition coefficient (Wildman–Crippen LogP) is 1.76. The summed E-state index contributed by atoms with van der Waals surface area (Å²) in [5, 5.41) is 3.93. The first-order valence-corrected chi connectivity index (χ1v) is 9.73. The lowest BCUT2D eigenvalue weighted by Gasteiger charge is -2.34. The zero-order valence-electron chi connectivity index (χ0n) is 15.8. The molecule has 0 atom stereocenters. The number of carbonyl (C=O) groups excluding carboxylic acids is 2. The number of aromatic nitrogens is 1. The molecule has 0 aromatic carbocycles. The van der Waals surface area contributed by atoms with E-state index in [1.54, 1.807) is 16.2 Å². The highest BCUT2D eigenvalue weighted by Gasteiger charge is 2.23. The third-order valence-electron chi connectivity index (χ3n) is 5.00. The molecule has 2 N–H and O–H groups in total. The van der Waals surface area contributed by atoms with Crippen molar-refractivity contribution < 1.29 is 9.59 Å². The molecule has 3 rings (SSSR count). The quantitative estimate of drug-likeness (QED) is 0.836. The van der Waals surface area contributed by atoms with E-state index in [9.17, 15) is 14.4 Å². The van der Waals surface area contributed by atoms with Crippen molar-refractivity contribution in [1.29, 1.82) is 0 Å². The third-order valence-corrected chi connectivity index (χ3v) is 6.22. The minimum Gasteiger partial charge on any atom is -0.336 e. The second-order valence-electron chi connectivity index (χ2n) is 6.80. The highest BCUT2D eigenvalue weighted by Crippen LogP contribution is 2.31. The summed E-state index contributed by atoms with van der Waals surface area (Å²) in [4.78, 5) is 43.5. The van der Waals surface area contributed by atoms with Gasteiger partial charge in [-0.05, 0) is 38.0 Å². The van der Waals surface area contributed by atoms with Crippen LogP contribution in [-0.2, 0) is 4.79 Å². The summed E-state index contributed by atoms with van der Waals surface area (Å²) >= 11 is 1.61. The molecule has 0 bridgehead atoms. The topological polar surface area (TPSA) is 85.5 Å². The molecule has 1 fully saturated rings. The Morgan fingerprint density at radius 1 is 1.11 bits per heavy atom. The van der Waals surface area contributed by atoms with Crippen LogP contribution >= 0.6 is 11.3 Å². The second-order valence-corrected chi connectivity index (χ2v) is 8.02. The molecule has 7 nitrogen and oxygen atoms in total. The lowest BCUT2D eigenvalue weighted by molar-refractivity contribution is -0.117. The molecule has 0 unspecified atom stereocenters. The Morgan fingerprint density at radius 3 is 2.37 bits per heavy atom. The number of piperazine rings is 1. The van der Waals surface area contributed by atoms with Gasteiger partial charge >= 0.3 is 0 Å². The van der Waals surface area contributed by atoms with E-state index < -0.39 is 0 Å². The summed E-state index contributed by atoms with van der Waals surface area (Å²) in [5.74, 6) is -0.129. The van der Waals surface area contributed by atoms with Crippen LogP contribution < -0.4 is 10.9 Å². The molecule has 144 valence electrons. The SMILES string of the molecule is Cc1sc(NC(=O)CN2CCN(C(=O)c3ccc(=O)[nH]c3)CC2)c(C)c1C. The second kappa shape index (κ2) is 8.06. The molecule has 3 heterocycles. The summed E-state index contributed by atoms with van der Waals surface area (Å²) in [6, 6.07) is 2.89. The van der Waals surface area contributed by atoms with Crippen LogP contribution in [0, 0.1) is 20.8 Å². The lowest BCUT2D eigenvalue weighted by Crippen LogP contribution is -2.50. The number of nitrogens with one attached hydrogen (secondary N) is 2. The fourth-order valence-corrected chi connectivity index (χ4v) is 4.15. The molecular weight excluding hydrogens is 364 g/mol. The number of hydrogen-bond acceptors (Lipinski definition) is 5. The Kier molecular flexibility index (Phi) is 5.76. The molecule has 0 saturated carbocycles. The number of anilines is 1. The summed E-state index contributed by atoms with van der Waals surface area (Å²) in [5.41, 5.74) is 2.60. The van der Waals surface area contributed by atoms with Gasteiger partial charge in [0.25, 0.3) is 5.91 Å². The van der Waals surface area contributed by atoms with Crippen molar-refractivity contribution >= 4 is 28.2 Å². The van der Waals surface area contributed by atoms with Crippen LogP contribution in [-0.4, -0.2) is 59.3 Å². The summed E-state index contributed by atoms with van der Waals surface area (Å²) in [7, 11) is 0. The number of H-pyrrole nitrogens is 1. The molecule has 2 amide bonds. The molecular formula is C19H24N4O3S. The van der Waals surface area contributed by atoms with Crippen LogP contribution in [0.15, 0.2) is 23.1 Å². The highest BCUT2D eigenvalue weighted by molar-refractivity contribution is 7.16. The fourth-order valence-electron chi connectivity index (χ4n) is 3.06. The van der Waals surface area contributed by atoms with Gasteiger partial charge in [-0.15, -0.1) is 11.3 Å². The van der Waals surface area contributed by atoms with E-state index >= 15 is 0 Å². The number of hydrogen-bond donors (Lipinski definition) is 2. The van der Waals surface area contributed by atoms with Gasteiger partial charge in [-0.3, -0.25) is 19.3 Å². The van der Waals surface area contributed by atoms with E-state index in [0.717, 1.165) is 10.6 Å². The molecule has 27 heavy (non-hydrogen) atoms. The Hall–Kier alpha value is -2.45. The molecule has 2 aromatic heterocycles. The van der Waals surface area contributed by atoms with E-state index in [2.05, 4.69) is 29.0 Å². The third kappa shape index (κ3) is 4.45. The van der Waals surface area contributed by atoms with Gasteiger partial charge in [0.1, 0.15) is 0 Å². The lowest BCUT2D eigenvalue weighted by atomic mass is 10.2. The highest BCUT2D eigenvalue weighted by atomic mass is 32.1. The van der Waals surface area contributed by atoms with E-state index in [0.29, 0.717) is 38.3 Å². The number of amides is 2. The molecule has 0 radical (unpaired) electrons. The number of rotatable bonds is 4. The van der Waals surface area contributed by atoms with Crippen molar-refractivity contribution in [2.24, 2.45) is 0 Å². The molecule has 0 aliphatic carbocycles. The van der Waals surface area contributed by atoms with E-state index in [1.165, 1.54) is 28.8 Å². The number of pyridine rings is 1. The van der Waals surface area contributed by atoms with Crippen molar-refractivity contribution in [1.82, 2.24) is 14.8 Å². The van der Waals surface area contributed by atoms with E-state index in [4.69, 9.17) is 0 Å². The van der Waals surface area contributed by atoms with Crippen LogP contribution in [0.3, 0.4) is 0 Å². The average Bonchev–Trinajstić information content (AvgIpc) is 2.89. The maximum Gasteiger partial charge on any atom is 0.255 e. The fraction of sp³-hybridized carbons (Fsp3) is 0.421. The largest absolute Gasteiger partial charge is 0.336 e. The molecule has 8 heteroatoms. The van der Waals surface area contributed by atoms with Crippen molar-refractivity contribution in [2.75, 3.05) is 38.0 Å². The van der Waals surface area contributed by atoms with Crippen LogP contribution in [0.25, 0.3) is 0 Å². The smallest absolute Gasteiger partial charge is 0.255 e. The zero-order chi connectivity index (χ0) is 19.6. The monoisotopic (exact) mass is 388 g/mol. The molecule has 2 aromatic rings. The zero-order valence-corrected chi connectivity index (χ0v) is 16.6. The maximum absolute atomic E-state index is 12.5. The Balaban J connectivity index is 1.51. The number of carbonyl (C=O) groups is 2. The van der Waals surface area contributed by atoms with Gasteiger partial charge in [-0.1, -0.05) is 0 Å². The van der Waals surface area contributed by atoms with Gasteiger partial charge in [0, 0.05) is 43.3 Å². The van der Waals surface area contributed by atoms with Gasteiger partial charge in [0.15, 0.2) is 0 Å². The average molecular weight is 388 g/mol. The minimum absolute atomic E-state index is 0.0280.